The Morgan fingerprint density at radius 3 is 2.65 bits per heavy atom. The van der Waals surface area contributed by atoms with E-state index in [2.05, 4.69) is 5.32 Å². The van der Waals surface area contributed by atoms with Crippen LogP contribution in [0.25, 0.3) is 0 Å². The fourth-order valence-corrected chi connectivity index (χ4v) is 1.87. The lowest BCUT2D eigenvalue weighted by molar-refractivity contribution is 0.368. The number of anilines is 1. The first-order chi connectivity index (χ1) is 9.69. The first kappa shape index (κ1) is 13.9. The van der Waals surface area contributed by atoms with Crippen LogP contribution in [0.4, 0.5) is 10.1 Å². The highest BCUT2D eigenvalue weighted by atomic mass is 19.1. The molecule has 0 heterocycles. The zero-order valence-corrected chi connectivity index (χ0v) is 11.1. The van der Waals surface area contributed by atoms with Crippen molar-refractivity contribution in [3.05, 3.63) is 59.9 Å². The van der Waals surface area contributed by atoms with E-state index >= 15 is 0 Å². The Hall–Kier alpha value is -2.54. The van der Waals surface area contributed by atoms with Crippen molar-refractivity contribution < 1.29 is 9.13 Å². The summed E-state index contributed by atoms with van der Waals surface area (Å²) < 4.78 is 18.3. The molecule has 0 aliphatic rings. The fraction of sp³-hybridized carbons (Fsp3) is 0.188. The number of halogens is 1. The quantitative estimate of drug-likeness (QED) is 0.896. The average Bonchev–Trinajstić information content (AvgIpc) is 2.46. The van der Waals surface area contributed by atoms with E-state index in [-0.39, 0.29) is 18.5 Å². The molecule has 0 radical (unpaired) electrons. The monoisotopic (exact) mass is 270 g/mol. The molecule has 20 heavy (non-hydrogen) atoms. The first-order valence-corrected chi connectivity index (χ1v) is 6.31. The number of hydrogen-bond acceptors (Lipinski definition) is 3. The Morgan fingerprint density at radius 1 is 1.25 bits per heavy atom. The summed E-state index contributed by atoms with van der Waals surface area (Å²) in [4.78, 5) is 0. The maximum atomic E-state index is 13.2. The molecule has 3 nitrogen and oxygen atoms in total. The molecule has 0 aromatic heterocycles. The van der Waals surface area contributed by atoms with Crippen LogP contribution in [-0.4, -0.2) is 6.61 Å². The van der Waals surface area contributed by atoms with Gasteiger partial charge < -0.3 is 10.1 Å². The summed E-state index contributed by atoms with van der Waals surface area (Å²) >= 11 is 0. The molecular formula is C16H15FN2O. The zero-order valence-electron chi connectivity index (χ0n) is 11.1. The minimum atomic E-state index is -0.239. The average molecular weight is 270 g/mol. The topological polar surface area (TPSA) is 45.0 Å². The molecule has 1 N–H and O–H groups in total. The highest BCUT2D eigenvalue weighted by Crippen LogP contribution is 2.22. The van der Waals surface area contributed by atoms with Crippen molar-refractivity contribution in [2.45, 2.75) is 13.0 Å². The van der Waals surface area contributed by atoms with Crippen molar-refractivity contribution in [3.8, 4) is 11.8 Å². The van der Waals surface area contributed by atoms with Gasteiger partial charge in [-0.1, -0.05) is 12.1 Å². The van der Waals surface area contributed by atoms with Gasteiger partial charge in [0.1, 0.15) is 17.6 Å². The second-order valence-corrected chi connectivity index (χ2v) is 4.39. The zero-order chi connectivity index (χ0) is 14.4. The number of benzene rings is 2. The highest BCUT2D eigenvalue weighted by Gasteiger charge is 2.06. The smallest absolute Gasteiger partial charge is 0.174 e. The van der Waals surface area contributed by atoms with Gasteiger partial charge in [0.25, 0.3) is 0 Å². The standard InChI is InChI=1S/C16H15FN2O/c1-12(13-3-2-4-14(17)11-13)19-15-5-7-16(8-6-15)20-10-9-18/h2-8,11-12,19H,10H2,1H3. The molecule has 1 atom stereocenters. The van der Waals surface area contributed by atoms with Crippen molar-refractivity contribution >= 4 is 5.69 Å². The van der Waals surface area contributed by atoms with Gasteiger partial charge in [-0.25, -0.2) is 4.39 Å². The van der Waals surface area contributed by atoms with Gasteiger partial charge in [-0.3, -0.25) is 0 Å². The van der Waals surface area contributed by atoms with E-state index < -0.39 is 0 Å². The Labute approximate surface area is 117 Å². The van der Waals surface area contributed by atoms with Crippen LogP contribution in [0.5, 0.6) is 5.75 Å². The van der Waals surface area contributed by atoms with Gasteiger partial charge in [0.05, 0.1) is 0 Å². The number of nitrogens with zero attached hydrogens (tertiary/aromatic N) is 1. The summed E-state index contributed by atoms with van der Waals surface area (Å²) in [6.07, 6.45) is 0. The summed E-state index contributed by atoms with van der Waals surface area (Å²) in [6, 6.07) is 15.7. The van der Waals surface area contributed by atoms with E-state index in [0.717, 1.165) is 11.3 Å². The van der Waals surface area contributed by atoms with E-state index in [1.165, 1.54) is 12.1 Å². The van der Waals surface area contributed by atoms with Gasteiger partial charge in [0.2, 0.25) is 0 Å². The number of ether oxygens (including phenoxy) is 1. The van der Waals surface area contributed by atoms with Gasteiger partial charge in [0, 0.05) is 11.7 Å². The molecule has 2 aromatic rings. The molecule has 0 aliphatic heterocycles. The van der Waals surface area contributed by atoms with E-state index in [0.29, 0.717) is 5.75 Å². The Kier molecular flexibility index (Phi) is 4.56. The molecule has 2 aromatic carbocycles. The number of nitrogens with one attached hydrogen (secondary N) is 1. The molecular weight excluding hydrogens is 255 g/mol. The summed E-state index contributed by atoms with van der Waals surface area (Å²) in [5, 5.41) is 11.7. The molecule has 0 saturated heterocycles. The van der Waals surface area contributed by atoms with Crippen LogP contribution in [-0.2, 0) is 0 Å². The molecule has 4 heteroatoms. The SMILES string of the molecule is CC(Nc1ccc(OCC#N)cc1)c1cccc(F)c1. The van der Waals surface area contributed by atoms with Gasteiger partial charge in [-0.15, -0.1) is 0 Å². The number of hydrogen-bond donors (Lipinski definition) is 1. The second-order valence-electron chi connectivity index (χ2n) is 4.39. The number of rotatable bonds is 5. The third-order valence-corrected chi connectivity index (χ3v) is 2.89. The van der Waals surface area contributed by atoms with Crippen molar-refractivity contribution in [2.24, 2.45) is 0 Å². The normalized spacial score (nSPS) is 11.4. The van der Waals surface area contributed by atoms with Crippen LogP contribution >= 0.6 is 0 Å². The molecule has 0 saturated carbocycles. The van der Waals surface area contributed by atoms with Crippen LogP contribution in [0.2, 0.25) is 0 Å². The molecule has 0 fully saturated rings. The van der Waals surface area contributed by atoms with E-state index in [1.54, 1.807) is 18.2 Å². The van der Waals surface area contributed by atoms with Crippen LogP contribution in [0.3, 0.4) is 0 Å². The Morgan fingerprint density at radius 2 is 2.00 bits per heavy atom. The van der Waals surface area contributed by atoms with E-state index in [1.807, 2.05) is 31.2 Å². The van der Waals surface area contributed by atoms with Gasteiger partial charge in [0.15, 0.2) is 6.61 Å². The third-order valence-electron chi connectivity index (χ3n) is 2.89. The lowest BCUT2D eigenvalue weighted by atomic mass is 10.1. The second kappa shape index (κ2) is 6.58. The van der Waals surface area contributed by atoms with Gasteiger partial charge in [-0.2, -0.15) is 5.26 Å². The summed E-state index contributed by atoms with van der Waals surface area (Å²) in [5.74, 6) is 0.409. The molecule has 1 unspecified atom stereocenters. The third kappa shape index (κ3) is 3.72. The van der Waals surface area contributed by atoms with Crippen molar-refractivity contribution in [3.63, 3.8) is 0 Å². The van der Waals surface area contributed by atoms with Gasteiger partial charge >= 0.3 is 0 Å². The minimum absolute atomic E-state index is 0.00317. The lowest BCUT2D eigenvalue weighted by Gasteiger charge is -2.16. The predicted molar refractivity (Wildman–Crippen MR) is 76.0 cm³/mol. The Balaban J connectivity index is 2.01. The molecule has 2 rings (SSSR count). The van der Waals surface area contributed by atoms with Crippen molar-refractivity contribution in [1.82, 2.24) is 0 Å². The largest absolute Gasteiger partial charge is 0.479 e. The van der Waals surface area contributed by atoms with Crippen molar-refractivity contribution in [1.29, 1.82) is 5.26 Å². The van der Waals surface area contributed by atoms with Crippen LogP contribution in [0, 0.1) is 17.1 Å². The summed E-state index contributed by atoms with van der Waals surface area (Å²) in [6.45, 7) is 2.00. The van der Waals surface area contributed by atoms with Crippen LogP contribution < -0.4 is 10.1 Å². The molecule has 0 amide bonds. The van der Waals surface area contributed by atoms with Gasteiger partial charge in [-0.05, 0) is 48.9 Å². The summed E-state index contributed by atoms with van der Waals surface area (Å²) in [5.41, 5.74) is 1.79. The predicted octanol–water partition coefficient (Wildman–Crippen LogP) is 3.90. The molecule has 0 bridgehead atoms. The maximum Gasteiger partial charge on any atom is 0.174 e. The van der Waals surface area contributed by atoms with E-state index in [9.17, 15) is 4.39 Å². The van der Waals surface area contributed by atoms with Crippen LogP contribution in [0.1, 0.15) is 18.5 Å². The fourth-order valence-electron chi connectivity index (χ4n) is 1.87. The minimum Gasteiger partial charge on any atom is -0.479 e. The van der Waals surface area contributed by atoms with E-state index in [4.69, 9.17) is 10.00 Å². The first-order valence-electron chi connectivity index (χ1n) is 6.31. The maximum absolute atomic E-state index is 13.2. The Bertz CT molecular complexity index is 605. The van der Waals surface area contributed by atoms with Crippen LogP contribution in [0.15, 0.2) is 48.5 Å². The molecule has 0 aliphatic carbocycles. The lowest BCUT2D eigenvalue weighted by Crippen LogP contribution is -2.06. The number of nitriles is 1. The summed E-state index contributed by atoms with van der Waals surface area (Å²) in [7, 11) is 0. The molecule has 0 spiro atoms. The highest BCUT2D eigenvalue weighted by molar-refractivity contribution is 5.48. The molecule has 102 valence electrons. The van der Waals surface area contributed by atoms with Crippen molar-refractivity contribution in [2.75, 3.05) is 11.9 Å².